The van der Waals surface area contributed by atoms with Crippen molar-refractivity contribution in [2.24, 2.45) is 0 Å². The predicted molar refractivity (Wildman–Crippen MR) is 91.1 cm³/mol. The van der Waals surface area contributed by atoms with Crippen LogP contribution in [0.2, 0.25) is 0 Å². The van der Waals surface area contributed by atoms with Crippen LogP contribution >= 0.6 is 0 Å². The van der Waals surface area contributed by atoms with Crippen molar-refractivity contribution in [1.82, 2.24) is 4.98 Å². The molecule has 0 saturated carbocycles. The summed E-state index contributed by atoms with van der Waals surface area (Å²) >= 11 is 0. The number of nitrogens with zero attached hydrogens (tertiary/aromatic N) is 1. The van der Waals surface area contributed by atoms with Crippen LogP contribution in [-0.4, -0.2) is 11.0 Å². The zero-order chi connectivity index (χ0) is 16.8. The number of esters is 1. The number of carbonyl (C=O) groups is 1. The van der Waals surface area contributed by atoms with Gasteiger partial charge in [-0.3, -0.25) is 4.98 Å². The number of ether oxygens (including phenoxy) is 2. The molecule has 0 atom stereocenters. The molecule has 4 heteroatoms. The van der Waals surface area contributed by atoms with E-state index in [9.17, 15) is 4.79 Å². The fourth-order valence-electron chi connectivity index (χ4n) is 2.29. The number of aryl methyl sites for hydroxylation is 1. The van der Waals surface area contributed by atoms with Crippen molar-refractivity contribution in [3.63, 3.8) is 0 Å². The molecule has 24 heavy (non-hydrogen) atoms. The van der Waals surface area contributed by atoms with Gasteiger partial charge in [0.1, 0.15) is 17.9 Å². The number of para-hydroxylation sites is 1. The molecule has 0 saturated heterocycles. The molecule has 3 aromatic rings. The van der Waals surface area contributed by atoms with Crippen molar-refractivity contribution >= 4 is 5.97 Å². The van der Waals surface area contributed by atoms with Gasteiger partial charge in [-0.1, -0.05) is 48.5 Å². The Balaban J connectivity index is 1.80. The van der Waals surface area contributed by atoms with E-state index in [4.69, 9.17) is 9.47 Å². The lowest BCUT2D eigenvalue weighted by molar-refractivity contribution is 0.0728. The molecule has 0 aliphatic carbocycles. The number of hydrogen-bond donors (Lipinski definition) is 0. The van der Waals surface area contributed by atoms with E-state index in [-0.39, 0.29) is 0 Å². The molecule has 0 fully saturated rings. The number of hydrogen-bond acceptors (Lipinski definition) is 4. The molecule has 0 bridgehead atoms. The first kappa shape index (κ1) is 15.7. The highest BCUT2D eigenvalue weighted by Gasteiger charge is 2.18. The average Bonchev–Trinajstić information content (AvgIpc) is 2.61. The number of carbonyl (C=O) groups excluding carboxylic acids is 1. The first-order valence-electron chi connectivity index (χ1n) is 7.62. The van der Waals surface area contributed by atoms with Crippen molar-refractivity contribution < 1.29 is 14.3 Å². The molecule has 4 nitrogen and oxygen atoms in total. The summed E-state index contributed by atoms with van der Waals surface area (Å²) in [6, 6.07) is 18.7. The SMILES string of the molecule is Cc1cncc(OCc2ccccc2)c1C(=O)Oc1ccccc1. The molecule has 0 N–H and O–H groups in total. The van der Waals surface area contributed by atoms with Gasteiger partial charge in [0, 0.05) is 6.20 Å². The van der Waals surface area contributed by atoms with Gasteiger partial charge in [-0.25, -0.2) is 4.79 Å². The van der Waals surface area contributed by atoms with Gasteiger partial charge in [-0.15, -0.1) is 0 Å². The van der Waals surface area contributed by atoms with Crippen LogP contribution in [0.3, 0.4) is 0 Å². The standard InChI is InChI=1S/C20H17NO3/c1-15-12-21-13-18(23-14-16-8-4-2-5-9-16)19(15)20(22)24-17-10-6-3-7-11-17/h2-13H,14H2,1H3. The van der Waals surface area contributed by atoms with Crippen LogP contribution in [-0.2, 0) is 6.61 Å². The van der Waals surface area contributed by atoms with E-state index in [1.807, 2.05) is 55.5 Å². The Labute approximate surface area is 140 Å². The van der Waals surface area contributed by atoms with E-state index < -0.39 is 5.97 Å². The topological polar surface area (TPSA) is 48.4 Å². The zero-order valence-corrected chi connectivity index (χ0v) is 13.3. The highest BCUT2D eigenvalue weighted by atomic mass is 16.5. The second-order valence-electron chi connectivity index (χ2n) is 5.31. The van der Waals surface area contributed by atoms with Gasteiger partial charge in [-0.05, 0) is 30.2 Å². The maximum atomic E-state index is 12.5. The summed E-state index contributed by atoms with van der Waals surface area (Å²) in [4.78, 5) is 16.7. The molecule has 0 radical (unpaired) electrons. The Morgan fingerprint density at radius 1 is 0.958 bits per heavy atom. The Hall–Kier alpha value is -3.14. The lowest BCUT2D eigenvalue weighted by Crippen LogP contribution is -2.13. The third kappa shape index (κ3) is 3.79. The molecule has 0 amide bonds. The minimum atomic E-state index is -0.454. The third-order valence-electron chi connectivity index (χ3n) is 3.50. The average molecular weight is 319 g/mol. The van der Waals surface area contributed by atoms with E-state index in [0.29, 0.717) is 29.2 Å². The van der Waals surface area contributed by atoms with Gasteiger partial charge in [0.25, 0.3) is 0 Å². The molecule has 0 aliphatic rings. The van der Waals surface area contributed by atoms with Gasteiger partial charge in [0.15, 0.2) is 5.75 Å². The lowest BCUT2D eigenvalue weighted by atomic mass is 10.1. The van der Waals surface area contributed by atoms with Crippen LogP contribution in [0.1, 0.15) is 21.5 Å². The molecule has 0 aliphatic heterocycles. The first-order chi connectivity index (χ1) is 11.7. The summed E-state index contributed by atoms with van der Waals surface area (Å²) in [5.74, 6) is 0.455. The Morgan fingerprint density at radius 3 is 2.33 bits per heavy atom. The quantitative estimate of drug-likeness (QED) is 0.523. The van der Waals surface area contributed by atoms with Crippen molar-refractivity contribution in [3.8, 4) is 11.5 Å². The Morgan fingerprint density at radius 2 is 1.62 bits per heavy atom. The summed E-state index contributed by atoms with van der Waals surface area (Å²) in [7, 11) is 0. The van der Waals surface area contributed by atoms with Gasteiger partial charge in [0.05, 0.1) is 6.20 Å². The van der Waals surface area contributed by atoms with Crippen molar-refractivity contribution in [1.29, 1.82) is 0 Å². The number of aromatic nitrogens is 1. The normalized spacial score (nSPS) is 10.2. The van der Waals surface area contributed by atoms with Gasteiger partial charge < -0.3 is 9.47 Å². The highest BCUT2D eigenvalue weighted by molar-refractivity contribution is 5.95. The van der Waals surface area contributed by atoms with Crippen LogP contribution in [0, 0.1) is 6.92 Å². The van der Waals surface area contributed by atoms with Crippen LogP contribution in [0.15, 0.2) is 73.1 Å². The van der Waals surface area contributed by atoms with Crippen molar-refractivity contribution in [3.05, 3.63) is 89.7 Å². The van der Waals surface area contributed by atoms with Crippen LogP contribution in [0.4, 0.5) is 0 Å². The highest BCUT2D eigenvalue weighted by Crippen LogP contribution is 2.24. The van der Waals surface area contributed by atoms with E-state index in [0.717, 1.165) is 5.56 Å². The first-order valence-corrected chi connectivity index (χ1v) is 7.62. The maximum absolute atomic E-state index is 12.5. The fourth-order valence-corrected chi connectivity index (χ4v) is 2.29. The third-order valence-corrected chi connectivity index (χ3v) is 3.50. The van der Waals surface area contributed by atoms with Gasteiger partial charge in [-0.2, -0.15) is 0 Å². The van der Waals surface area contributed by atoms with E-state index in [2.05, 4.69) is 4.98 Å². The summed E-state index contributed by atoms with van der Waals surface area (Å²) < 4.78 is 11.2. The smallest absolute Gasteiger partial charge is 0.347 e. The molecule has 0 spiro atoms. The predicted octanol–water partition coefficient (Wildman–Crippen LogP) is 4.19. The minimum Gasteiger partial charge on any atom is -0.486 e. The molecular weight excluding hydrogens is 302 g/mol. The Kier molecular flexibility index (Phi) is 4.87. The second-order valence-corrected chi connectivity index (χ2v) is 5.31. The van der Waals surface area contributed by atoms with Crippen LogP contribution in [0.25, 0.3) is 0 Å². The zero-order valence-electron chi connectivity index (χ0n) is 13.3. The molecule has 120 valence electrons. The lowest BCUT2D eigenvalue weighted by Gasteiger charge is -2.13. The van der Waals surface area contributed by atoms with E-state index in [1.54, 1.807) is 18.3 Å². The molecule has 1 aromatic heterocycles. The number of pyridine rings is 1. The van der Waals surface area contributed by atoms with Crippen LogP contribution < -0.4 is 9.47 Å². The van der Waals surface area contributed by atoms with Crippen molar-refractivity contribution in [2.75, 3.05) is 0 Å². The minimum absolute atomic E-state index is 0.359. The summed E-state index contributed by atoms with van der Waals surface area (Å²) in [5, 5.41) is 0. The van der Waals surface area contributed by atoms with E-state index >= 15 is 0 Å². The molecule has 2 aromatic carbocycles. The van der Waals surface area contributed by atoms with Crippen molar-refractivity contribution in [2.45, 2.75) is 13.5 Å². The molecule has 1 heterocycles. The largest absolute Gasteiger partial charge is 0.486 e. The fraction of sp³-hybridized carbons (Fsp3) is 0.100. The molecule has 3 rings (SSSR count). The van der Waals surface area contributed by atoms with Gasteiger partial charge >= 0.3 is 5.97 Å². The summed E-state index contributed by atoms with van der Waals surface area (Å²) in [6.07, 6.45) is 3.16. The molecular formula is C20H17NO3. The summed E-state index contributed by atoms with van der Waals surface area (Å²) in [5.41, 5.74) is 2.12. The number of rotatable bonds is 5. The monoisotopic (exact) mass is 319 g/mol. The second kappa shape index (κ2) is 7.42. The van der Waals surface area contributed by atoms with Gasteiger partial charge in [0.2, 0.25) is 0 Å². The van der Waals surface area contributed by atoms with Crippen LogP contribution in [0.5, 0.6) is 11.5 Å². The Bertz CT molecular complexity index is 817. The molecule has 0 unspecified atom stereocenters. The van der Waals surface area contributed by atoms with E-state index in [1.165, 1.54) is 6.20 Å². The number of benzene rings is 2. The summed E-state index contributed by atoms with van der Waals surface area (Å²) in [6.45, 7) is 2.17. The maximum Gasteiger partial charge on any atom is 0.347 e.